The second-order valence-corrected chi connectivity index (χ2v) is 7.56. The van der Waals surface area contributed by atoms with Gasteiger partial charge in [0.1, 0.15) is 18.1 Å². The van der Waals surface area contributed by atoms with Gasteiger partial charge in [-0.3, -0.25) is 14.2 Å². The van der Waals surface area contributed by atoms with Crippen molar-refractivity contribution in [1.29, 1.82) is 0 Å². The van der Waals surface area contributed by atoms with E-state index in [-0.39, 0.29) is 18.3 Å². The van der Waals surface area contributed by atoms with Crippen molar-refractivity contribution in [3.8, 4) is 5.75 Å². The first kappa shape index (κ1) is 21.0. The molecule has 10 heteroatoms. The summed E-state index contributed by atoms with van der Waals surface area (Å²) in [5, 5.41) is 12.2. The van der Waals surface area contributed by atoms with Crippen molar-refractivity contribution in [2.24, 2.45) is 0 Å². The quantitative estimate of drug-likeness (QED) is 0.405. The maximum atomic E-state index is 12.5. The summed E-state index contributed by atoms with van der Waals surface area (Å²) >= 11 is 12.0. The molecule has 0 bridgehead atoms. The van der Waals surface area contributed by atoms with Crippen LogP contribution in [0.1, 0.15) is 28.8 Å². The Morgan fingerprint density at radius 3 is 2.74 bits per heavy atom. The summed E-state index contributed by atoms with van der Waals surface area (Å²) in [5.41, 5.74) is 1.59. The number of amides is 1. The number of nitrogens with zero attached hydrogens (tertiary/aromatic N) is 4. The van der Waals surface area contributed by atoms with Crippen LogP contribution in [0, 0.1) is 0 Å². The van der Waals surface area contributed by atoms with Gasteiger partial charge in [-0.05, 0) is 37.3 Å². The Balaban J connectivity index is 1.33. The molecule has 1 aromatic carbocycles. The highest BCUT2D eigenvalue weighted by Crippen LogP contribution is 2.28. The molecule has 0 fully saturated rings. The van der Waals surface area contributed by atoms with Crippen LogP contribution in [0.5, 0.6) is 5.75 Å². The fourth-order valence-corrected chi connectivity index (χ4v) is 3.34. The highest BCUT2D eigenvalue weighted by molar-refractivity contribution is 6.35. The zero-order valence-corrected chi connectivity index (χ0v) is 18.1. The van der Waals surface area contributed by atoms with E-state index in [4.69, 9.17) is 32.4 Å². The Morgan fingerprint density at radius 2 is 1.97 bits per heavy atom. The number of rotatable bonds is 8. The Hall–Kier alpha value is -3.23. The van der Waals surface area contributed by atoms with E-state index in [9.17, 15) is 4.79 Å². The molecule has 0 saturated heterocycles. The molecule has 0 unspecified atom stereocenters. The van der Waals surface area contributed by atoms with E-state index < -0.39 is 0 Å². The molecule has 1 amide bonds. The van der Waals surface area contributed by atoms with Crippen molar-refractivity contribution in [3.05, 3.63) is 82.2 Å². The predicted molar refractivity (Wildman–Crippen MR) is 117 cm³/mol. The Bertz CT molecular complexity index is 1200. The fourth-order valence-electron chi connectivity index (χ4n) is 2.87. The van der Waals surface area contributed by atoms with E-state index >= 15 is 0 Å². The van der Waals surface area contributed by atoms with E-state index in [0.29, 0.717) is 33.8 Å². The molecule has 0 spiro atoms. The Labute approximate surface area is 188 Å². The maximum Gasteiger partial charge on any atom is 0.291 e. The lowest BCUT2D eigenvalue weighted by Gasteiger charge is -2.06. The average Bonchev–Trinajstić information content (AvgIpc) is 3.49. The van der Waals surface area contributed by atoms with Gasteiger partial charge in [-0.15, -0.1) is 0 Å². The lowest BCUT2D eigenvalue weighted by molar-refractivity contribution is 0.0992. The van der Waals surface area contributed by atoms with E-state index in [1.165, 1.54) is 0 Å². The number of hydrogen-bond acceptors (Lipinski definition) is 5. The van der Waals surface area contributed by atoms with Crippen LogP contribution in [0.25, 0.3) is 0 Å². The molecule has 4 aromatic rings. The van der Waals surface area contributed by atoms with Gasteiger partial charge >= 0.3 is 0 Å². The van der Waals surface area contributed by atoms with E-state index in [1.807, 2.05) is 17.8 Å². The number of hydrogen-bond donors (Lipinski definition) is 1. The summed E-state index contributed by atoms with van der Waals surface area (Å²) < 4.78 is 14.8. The molecule has 4 rings (SSSR count). The van der Waals surface area contributed by atoms with Crippen LogP contribution in [0.15, 0.2) is 59.5 Å². The van der Waals surface area contributed by atoms with Crippen molar-refractivity contribution in [1.82, 2.24) is 19.6 Å². The van der Waals surface area contributed by atoms with Gasteiger partial charge in [0.2, 0.25) is 0 Å². The zero-order valence-electron chi connectivity index (χ0n) is 16.6. The summed E-state index contributed by atoms with van der Waals surface area (Å²) in [5.74, 6) is 0.747. The van der Waals surface area contributed by atoms with Gasteiger partial charge in [0, 0.05) is 29.5 Å². The average molecular weight is 460 g/mol. The molecule has 0 aliphatic heterocycles. The third-order valence-corrected chi connectivity index (χ3v) is 4.93. The fraction of sp³-hybridized carbons (Fsp3) is 0.190. The summed E-state index contributed by atoms with van der Waals surface area (Å²) in [4.78, 5) is 12.5. The van der Waals surface area contributed by atoms with Gasteiger partial charge in [0.15, 0.2) is 5.76 Å². The number of ether oxygens (including phenoxy) is 1. The second kappa shape index (κ2) is 9.28. The predicted octanol–water partition coefficient (Wildman–Crippen LogP) is 4.88. The molecular formula is C21H19Cl2N5O3. The number of benzene rings is 1. The van der Waals surface area contributed by atoms with Crippen molar-refractivity contribution >= 4 is 34.8 Å². The first-order valence-corrected chi connectivity index (χ1v) is 10.3. The maximum absolute atomic E-state index is 12.5. The number of aryl methyl sites for hydroxylation is 1. The lowest BCUT2D eigenvalue weighted by atomic mass is 10.3. The van der Waals surface area contributed by atoms with Crippen LogP contribution in [-0.2, 0) is 19.7 Å². The van der Waals surface area contributed by atoms with Crippen LogP contribution in [-0.4, -0.2) is 25.5 Å². The minimum absolute atomic E-state index is 0.123. The van der Waals surface area contributed by atoms with E-state index in [1.54, 1.807) is 53.6 Å². The molecule has 0 radical (unpaired) electrons. The van der Waals surface area contributed by atoms with Crippen LogP contribution < -0.4 is 10.1 Å². The van der Waals surface area contributed by atoms with Crippen LogP contribution in [0.3, 0.4) is 0 Å². The third kappa shape index (κ3) is 5.28. The lowest BCUT2D eigenvalue weighted by Crippen LogP contribution is -2.10. The molecule has 31 heavy (non-hydrogen) atoms. The van der Waals surface area contributed by atoms with Crippen LogP contribution in [0.4, 0.5) is 5.69 Å². The van der Waals surface area contributed by atoms with Crippen LogP contribution in [0.2, 0.25) is 10.0 Å². The number of anilines is 1. The standard InChI is InChI=1S/C21H19Cl2N5O3/c1-2-27-10-14(8-24-27)11-28-12-16(9-25-28)26-21(29)20-6-4-17(31-20)13-30-19-5-3-15(22)7-18(19)23/h3-10,12H,2,11,13H2,1H3,(H,26,29). The van der Waals surface area contributed by atoms with E-state index in [0.717, 1.165) is 12.1 Å². The molecule has 3 aromatic heterocycles. The van der Waals surface area contributed by atoms with Gasteiger partial charge in [-0.2, -0.15) is 10.2 Å². The summed E-state index contributed by atoms with van der Waals surface area (Å²) in [7, 11) is 0. The van der Waals surface area contributed by atoms with Crippen molar-refractivity contribution < 1.29 is 13.9 Å². The molecule has 8 nitrogen and oxygen atoms in total. The first-order chi connectivity index (χ1) is 15.0. The molecule has 0 aliphatic rings. The monoisotopic (exact) mass is 459 g/mol. The molecular weight excluding hydrogens is 441 g/mol. The normalized spacial score (nSPS) is 10.9. The number of furan rings is 1. The molecule has 0 aliphatic carbocycles. The van der Waals surface area contributed by atoms with Crippen LogP contribution >= 0.6 is 23.2 Å². The highest BCUT2D eigenvalue weighted by Gasteiger charge is 2.14. The van der Waals surface area contributed by atoms with Gasteiger partial charge < -0.3 is 14.5 Å². The highest BCUT2D eigenvalue weighted by atomic mass is 35.5. The largest absolute Gasteiger partial charge is 0.484 e. The zero-order chi connectivity index (χ0) is 21.8. The van der Waals surface area contributed by atoms with Gasteiger partial charge in [0.25, 0.3) is 5.91 Å². The van der Waals surface area contributed by atoms with Crippen molar-refractivity contribution in [3.63, 3.8) is 0 Å². The smallest absolute Gasteiger partial charge is 0.291 e. The second-order valence-electron chi connectivity index (χ2n) is 6.71. The summed E-state index contributed by atoms with van der Waals surface area (Å²) in [6.45, 7) is 3.52. The number of carbonyl (C=O) groups is 1. The number of aromatic nitrogens is 4. The van der Waals surface area contributed by atoms with Crippen molar-refractivity contribution in [2.45, 2.75) is 26.6 Å². The van der Waals surface area contributed by atoms with Gasteiger partial charge in [-0.1, -0.05) is 23.2 Å². The minimum Gasteiger partial charge on any atom is -0.484 e. The topological polar surface area (TPSA) is 87.1 Å². The summed E-state index contributed by atoms with van der Waals surface area (Å²) in [6.07, 6.45) is 7.09. The van der Waals surface area contributed by atoms with Crippen molar-refractivity contribution in [2.75, 3.05) is 5.32 Å². The Kier molecular flexibility index (Phi) is 6.29. The minimum atomic E-state index is -0.380. The molecule has 160 valence electrons. The first-order valence-electron chi connectivity index (χ1n) is 9.52. The third-order valence-electron chi connectivity index (χ3n) is 4.40. The SMILES string of the molecule is CCn1cc(Cn2cc(NC(=O)c3ccc(COc4ccc(Cl)cc4Cl)o3)cn2)cn1. The number of nitrogens with one attached hydrogen (secondary N) is 1. The molecule has 0 atom stereocenters. The summed E-state index contributed by atoms with van der Waals surface area (Å²) in [6, 6.07) is 8.20. The van der Waals surface area contributed by atoms with Gasteiger partial charge in [-0.25, -0.2) is 0 Å². The number of halogens is 2. The molecule has 1 N–H and O–H groups in total. The molecule has 3 heterocycles. The molecule has 0 saturated carbocycles. The number of carbonyl (C=O) groups excluding carboxylic acids is 1. The van der Waals surface area contributed by atoms with Gasteiger partial charge in [0.05, 0.1) is 29.6 Å². The van der Waals surface area contributed by atoms with E-state index in [2.05, 4.69) is 15.5 Å². The Morgan fingerprint density at radius 1 is 1.13 bits per heavy atom.